The van der Waals surface area contributed by atoms with E-state index < -0.39 is 0 Å². The molecule has 80 valence electrons. The molecule has 3 heteroatoms. The minimum absolute atomic E-state index is 0.456. The van der Waals surface area contributed by atoms with Crippen molar-refractivity contribution in [3.63, 3.8) is 0 Å². The lowest BCUT2D eigenvalue weighted by Gasteiger charge is -2.28. The van der Waals surface area contributed by atoms with Crippen molar-refractivity contribution >= 4 is 0 Å². The summed E-state index contributed by atoms with van der Waals surface area (Å²) in [6.07, 6.45) is 5.37. The van der Waals surface area contributed by atoms with Gasteiger partial charge in [0.15, 0.2) is 0 Å². The monoisotopic (exact) mass is 195 g/mol. The molecule has 0 radical (unpaired) electrons. The standard InChI is InChI=1S/C11H21N3/c1-4-13-11-6-5-10(14(2)3)7-9(11)8-12/h5-6,9,13H,4,7-8,12H2,1-3H3. The molecule has 0 fully saturated rings. The van der Waals surface area contributed by atoms with Crippen LogP contribution in [0.3, 0.4) is 0 Å². The highest BCUT2D eigenvalue weighted by molar-refractivity contribution is 5.25. The maximum absolute atomic E-state index is 5.76. The van der Waals surface area contributed by atoms with Crippen LogP contribution in [0.1, 0.15) is 13.3 Å². The molecule has 0 aromatic carbocycles. The zero-order valence-electron chi connectivity index (χ0n) is 9.38. The zero-order valence-corrected chi connectivity index (χ0v) is 9.38. The van der Waals surface area contributed by atoms with Gasteiger partial charge in [-0.2, -0.15) is 0 Å². The van der Waals surface area contributed by atoms with Gasteiger partial charge in [-0.05, 0) is 25.5 Å². The Morgan fingerprint density at radius 2 is 2.21 bits per heavy atom. The van der Waals surface area contributed by atoms with E-state index in [9.17, 15) is 0 Å². The lowest BCUT2D eigenvalue weighted by atomic mass is 9.94. The number of nitrogens with one attached hydrogen (secondary N) is 1. The van der Waals surface area contributed by atoms with Crippen molar-refractivity contribution in [3.05, 3.63) is 23.5 Å². The molecule has 0 spiro atoms. The third kappa shape index (κ3) is 2.51. The molecule has 1 aliphatic rings. The summed E-state index contributed by atoms with van der Waals surface area (Å²) in [4.78, 5) is 2.15. The Labute approximate surface area is 86.7 Å². The van der Waals surface area contributed by atoms with E-state index in [-0.39, 0.29) is 0 Å². The van der Waals surface area contributed by atoms with Gasteiger partial charge in [0.05, 0.1) is 0 Å². The topological polar surface area (TPSA) is 41.3 Å². The summed E-state index contributed by atoms with van der Waals surface area (Å²) in [5.74, 6) is 0.456. The number of nitrogens with zero attached hydrogens (tertiary/aromatic N) is 1. The van der Waals surface area contributed by atoms with Gasteiger partial charge in [-0.15, -0.1) is 0 Å². The Morgan fingerprint density at radius 3 is 2.71 bits per heavy atom. The van der Waals surface area contributed by atoms with Gasteiger partial charge in [-0.25, -0.2) is 0 Å². The van der Waals surface area contributed by atoms with Crippen molar-refractivity contribution in [2.24, 2.45) is 11.7 Å². The van der Waals surface area contributed by atoms with Gasteiger partial charge in [0.2, 0.25) is 0 Å². The van der Waals surface area contributed by atoms with E-state index in [2.05, 4.69) is 43.4 Å². The van der Waals surface area contributed by atoms with Crippen molar-refractivity contribution in [2.45, 2.75) is 13.3 Å². The van der Waals surface area contributed by atoms with Crippen LogP contribution < -0.4 is 11.1 Å². The van der Waals surface area contributed by atoms with Crippen LogP contribution in [0.5, 0.6) is 0 Å². The van der Waals surface area contributed by atoms with Crippen LogP contribution >= 0.6 is 0 Å². The Hall–Kier alpha value is -0.960. The molecule has 0 bridgehead atoms. The molecule has 0 saturated heterocycles. The fraction of sp³-hybridized carbons (Fsp3) is 0.636. The Balaban J connectivity index is 2.73. The molecule has 0 amide bonds. The van der Waals surface area contributed by atoms with Crippen LogP contribution in [0.4, 0.5) is 0 Å². The summed E-state index contributed by atoms with van der Waals surface area (Å²) >= 11 is 0. The smallest absolute Gasteiger partial charge is 0.0164 e. The van der Waals surface area contributed by atoms with Crippen LogP contribution in [-0.4, -0.2) is 32.1 Å². The average molecular weight is 195 g/mol. The van der Waals surface area contributed by atoms with Crippen molar-refractivity contribution < 1.29 is 0 Å². The van der Waals surface area contributed by atoms with E-state index in [0.29, 0.717) is 12.5 Å². The third-order valence-electron chi connectivity index (χ3n) is 2.59. The van der Waals surface area contributed by atoms with Gasteiger partial charge in [0.25, 0.3) is 0 Å². The summed E-state index contributed by atoms with van der Waals surface area (Å²) in [6, 6.07) is 0. The minimum Gasteiger partial charge on any atom is -0.388 e. The second kappa shape index (κ2) is 5.05. The Bertz CT molecular complexity index is 241. The molecule has 1 unspecified atom stereocenters. The van der Waals surface area contributed by atoms with E-state index >= 15 is 0 Å². The lowest BCUT2D eigenvalue weighted by molar-refractivity contribution is 0.436. The second-order valence-electron chi connectivity index (χ2n) is 3.84. The van der Waals surface area contributed by atoms with Gasteiger partial charge in [-0.1, -0.05) is 0 Å². The molecule has 1 rings (SSSR count). The van der Waals surface area contributed by atoms with E-state index in [1.54, 1.807) is 0 Å². The molecule has 0 aromatic heterocycles. The first-order valence-electron chi connectivity index (χ1n) is 5.21. The average Bonchev–Trinajstić information content (AvgIpc) is 2.18. The summed E-state index contributed by atoms with van der Waals surface area (Å²) in [6.45, 7) is 3.79. The van der Waals surface area contributed by atoms with Crippen molar-refractivity contribution in [1.29, 1.82) is 0 Å². The molecule has 14 heavy (non-hydrogen) atoms. The molecule has 1 aliphatic carbocycles. The van der Waals surface area contributed by atoms with Crippen LogP contribution in [-0.2, 0) is 0 Å². The quantitative estimate of drug-likeness (QED) is 0.700. The molecule has 1 atom stereocenters. The van der Waals surface area contributed by atoms with Crippen molar-refractivity contribution in [2.75, 3.05) is 27.2 Å². The summed E-state index contributed by atoms with van der Waals surface area (Å²) in [7, 11) is 4.15. The first-order chi connectivity index (χ1) is 6.69. The molecular weight excluding hydrogens is 174 g/mol. The predicted octanol–water partition coefficient (Wildman–Crippen LogP) is 0.904. The van der Waals surface area contributed by atoms with Gasteiger partial charge >= 0.3 is 0 Å². The van der Waals surface area contributed by atoms with Crippen LogP contribution in [0.2, 0.25) is 0 Å². The highest BCUT2D eigenvalue weighted by atomic mass is 15.1. The van der Waals surface area contributed by atoms with Crippen LogP contribution in [0.15, 0.2) is 23.5 Å². The van der Waals surface area contributed by atoms with Gasteiger partial charge in [-0.3, -0.25) is 0 Å². The maximum Gasteiger partial charge on any atom is 0.0164 e. The second-order valence-corrected chi connectivity index (χ2v) is 3.84. The molecule has 3 nitrogen and oxygen atoms in total. The Morgan fingerprint density at radius 1 is 1.50 bits per heavy atom. The summed E-state index contributed by atoms with van der Waals surface area (Å²) in [5, 5.41) is 3.36. The minimum atomic E-state index is 0.456. The maximum atomic E-state index is 5.76. The van der Waals surface area contributed by atoms with Gasteiger partial charge in [0.1, 0.15) is 0 Å². The fourth-order valence-corrected chi connectivity index (χ4v) is 1.70. The van der Waals surface area contributed by atoms with Gasteiger partial charge in [0, 0.05) is 44.5 Å². The molecule has 3 N–H and O–H groups in total. The van der Waals surface area contributed by atoms with E-state index in [4.69, 9.17) is 5.73 Å². The number of hydrogen-bond acceptors (Lipinski definition) is 3. The highest BCUT2D eigenvalue weighted by Crippen LogP contribution is 2.23. The third-order valence-corrected chi connectivity index (χ3v) is 2.59. The predicted molar refractivity (Wildman–Crippen MR) is 60.7 cm³/mol. The molecule has 0 heterocycles. The molecule has 0 aromatic rings. The number of rotatable bonds is 4. The van der Waals surface area contributed by atoms with Crippen LogP contribution in [0, 0.1) is 5.92 Å². The number of nitrogens with two attached hydrogens (primary N) is 1. The van der Waals surface area contributed by atoms with E-state index in [0.717, 1.165) is 13.0 Å². The largest absolute Gasteiger partial charge is 0.388 e. The zero-order chi connectivity index (χ0) is 10.6. The van der Waals surface area contributed by atoms with Crippen LogP contribution in [0.25, 0.3) is 0 Å². The molecular formula is C11H21N3. The first-order valence-corrected chi connectivity index (χ1v) is 5.21. The van der Waals surface area contributed by atoms with E-state index in [1.807, 2.05) is 0 Å². The number of hydrogen-bond donors (Lipinski definition) is 2. The number of allylic oxidation sites excluding steroid dienone is 3. The normalized spacial score (nSPS) is 21.3. The summed E-state index contributed by atoms with van der Waals surface area (Å²) in [5.41, 5.74) is 8.39. The van der Waals surface area contributed by atoms with Crippen molar-refractivity contribution in [3.8, 4) is 0 Å². The lowest BCUT2D eigenvalue weighted by Crippen LogP contribution is -2.30. The van der Waals surface area contributed by atoms with Crippen molar-refractivity contribution in [1.82, 2.24) is 10.2 Å². The Kier molecular flexibility index (Phi) is 4.01. The highest BCUT2D eigenvalue weighted by Gasteiger charge is 2.18. The molecule has 0 saturated carbocycles. The SMILES string of the molecule is CCNC1=CC=C(N(C)C)CC1CN. The fourth-order valence-electron chi connectivity index (χ4n) is 1.70. The van der Waals surface area contributed by atoms with E-state index in [1.165, 1.54) is 11.4 Å². The summed E-state index contributed by atoms with van der Waals surface area (Å²) < 4.78 is 0. The molecule has 0 aliphatic heterocycles. The first kappa shape index (κ1) is 11.1. The van der Waals surface area contributed by atoms with Gasteiger partial charge < -0.3 is 16.0 Å².